The maximum absolute atomic E-state index is 10.1. The first kappa shape index (κ1) is 31.1. The Balaban J connectivity index is 1.83. The summed E-state index contributed by atoms with van der Waals surface area (Å²) in [6, 6.07) is 60.2. The standard InChI is InChI=1S/C39H27N6P3/c40-28-31-13-10-22-37(25-31)46(34-16-4-1-5-17-34)43-47(35-18-6-2-7-19-35,38-23-11-14-32(26-38)29-41)45-48(44-46,36-20-8-3-9-21-36)39-24-12-15-33(27-39)30-42/h1-27H. The van der Waals surface area contributed by atoms with E-state index in [-0.39, 0.29) is 0 Å². The van der Waals surface area contributed by atoms with Gasteiger partial charge in [-0.3, -0.25) is 0 Å². The van der Waals surface area contributed by atoms with Crippen molar-refractivity contribution >= 4 is 53.4 Å². The van der Waals surface area contributed by atoms with E-state index in [1.807, 2.05) is 109 Å². The Morgan fingerprint density at radius 2 is 0.562 bits per heavy atom. The van der Waals surface area contributed by atoms with Crippen LogP contribution in [0.15, 0.2) is 177 Å². The molecule has 0 aromatic heterocycles. The Kier molecular flexibility index (Phi) is 8.38. The summed E-state index contributed by atoms with van der Waals surface area (Å²) in [6.45, 7) is 0. The summed E-state index contributed by atoms with van der Waals surface area (Å²) in [7, 11) is -9.45. The molecule has 1 aliphatic rings. The minimum atomic E-state index is -3.15. The van der Waals surface area contributed by atoms with Crippen molar-refractivity contribution in [2.45, 2.75) is 0 Å². The van der Waals surface area contributed by atoms with Gasteiger partial charge >= 0.3 is 0 Å². The Hall–Kier alpha value is -5.52. The predicted molar refractivity (Wildman–Crippen MR) is 199 cm³/mol. The van der Waals surface area contributed by atoms with Gasteiger partial charge in [-0.2, -0.15) is 15.8 Å². The van der Waals surface area contributed by atoms with Crippen molar-refractivity contribution in [2.24, 2.45) is 13.5 Å². The van der Waals surface area contributed by atoms with E-state index in [4.69, 9.17) is 13.5 Å². The summed E-state index contributed by atoms with van der Waals surface area (Å²) in [5, 5.41) is 35.6. The molecule has 0 fully saturated rings. The fourth-order valence-corrected chi connectivity index (χ4v) is 21.2. The number of nitrogens with zero attached hydrogens (tertiary/aromatic N) is 6. The highest BCUT2D eigenvalue weighted by Crippen LogP contribution is 2.76. The number of nitriles is 3. The van der Waals surface area contributed by atoms with Crippen LogP contribution in [0, 0.1) is 34.0 Å². The maximum atomic E-state index is 10.1. The smallest absolute Gasteiger partial charge is 0.138 e. The second-order valence-corrected chi connectivity index (χ2v) is 19.9. The fourth-order valence-electron chi connectivity index (χ4n) is 5.90. The van der Waals surface area contributed by atoms with E-state index in [0.717, 1.165) is 31.8 Å². The van der Waals surface area contributed by atoms with Gasteiger partial charge in [0.05, 0.1) is 34.9 Å². The van der Waals surface area contributed by atoms with Gasteiger partial charge in [-0.25, -0.2) is 13.5 Å². The summed E-state index contributed by atoms with van der Waals surface area (Å²) in [5.74, 6) is 0. The zero-order valence-electron chi connectivity index (χ0n) is 25.6. The normalized spacial score (nSPS) is 21.2. The molecule has 0 radical (unpaired) electrons. The molecule has 6 aromatic rings. The van der Waals surface area contributed by atoms with Crippen LogP contribution in [-0.2, 0) is 0 Å². The van der Waals surface area contributed by atoms with Gasteiger partial charge in [0, 0.05) is 31.8 Å². The first-order valence-corrected chi connectivity index (χ1v) is 20.2. The van der Waals surface area contributed by atoms with Crippen LogP contribution in [0.1, 0.15) is 16.7 Å². The summed E-state index contributed by atoms with van der Waals surface area (Å²) < 4.78 is 18.0. The molecule has 6 nitrogen and oxygen atoms in total. The van der Waals surface area contributed by atoms with Crippen LogP contribution in [0.3, 0.4) is 0 Å². The quantitative estimate of drug-likeness (QED) is 0.168. The molecule has 228 valence electrons. The van der Waals surface area contributed by atoms with Gasteiger partial charge in [0.25, 0.3) is 0 Å². The molecule has 1 aliphatic heterocycles. The zero-order valence-corrected chi connectivity index (χ0v) is 28.3. The van der Waals surface area contributed by atoms with E-state index in [0.29, 0.717) is 16.7 Å². The highest BCUT2D eigenvalue weighted by Gasteiger charge is 2.42. The number of benzene rings is 6. The molecule has 9 heteroatoms. The summed E-state index contributed by atoms with van der Waals surface area (Å²) >= 11 is 0. The maximum Gasteiger partial charge on any atom is 0.138 e. The Morgan fingerprint density at radius 3 is 0.812 bits per heavy atom. The van der Waals surface area contributed by atoms with Gasteiger partial charge in [-0.15, -0.1) is 0 Å². The fraction of sp³-hybridized carbons (Fsp3) is 0. The molecule has 0 N–H and O–H groups in total. The Bertz CT molecular complexity index is 2180. The number of hydrogen-bond acceptors (Lipinski definition) is 6. The van der Waals surface area contributed by atoms with Crippen molar-refractivity contribution < 1.29 is 0 Å². The predicted octanol–water partition coefficient (Wildman–Crippen LogP) is 7.92. The van der Waals surface area contributed by atoms with Gasteiger partial charge < -0.3 is 0 Å². The zero-order chi connectivity index (χ0) is 33.0. The number of rotatable bonds is 6. The van der Waals surface area contributed by atoms with E-state index in [9.17, 15) is 15.8 Å². The molecule has 6 aromatic carbocycles. The third kappa shape index (κ3) is 5.36. The topological polar surface area (TPSA) is 108 Å². The van der Waals surface area contributed by atoms with E-state index in [1.165, 1.54) is 0 Å². The minimum absolute atomic E-state index is 0.515. The van der Waals surface area contributed by atoms with Gasteiger partial charge in [-0.05, 0) is 36.4 Å². The Morgan fingerprint density at radius 1 is 0.312 bits per heavy atom. The van der Waals surface area contributed by atoms with Gasteiger partial charge in [0.1, 0.15) is 21.6 Å². The van der Waals surface area contributed by atoms with Gasteiger partial charge in [-0.1, -0.05) is 127 Å². The van der Waals surface area contributed by atoms with E-state index < -0.39 is 21.6 Å². The van der Waals surface area contributed by atoms with Crippen molar-refractivity contribution in [1.29, 1.82) is 15.8 Å². The third-order valence-electron chi connectivity index (χ3n) is 8.13. The summed E-state index contributed by atoms with van der Waals surface area (Å²) in [4.78, 5) is 0. The molecule has 0 unspecified atom stereocenters. The van der Waals surface area contributed by atoms with Crippen molar-refractivity contribution in [3.8, 4) is 18.2 Å². The average molecular weight is 673 g/mol. The summed E-state index contributed by atoms with van der Waals surface area (Å²) in [5.41, 5.74) is 1.54. The van der Waals surface area contributed by atoms with Gasteiger partial charge in [0.2, 0.25) is 0 Å². The second-order valence-electron chi connectivity index (χ2n) is 11.1. The molecule has 0 aliphatic carbocycles. The van der Waals surface area contributed by atoms with Crippen LogP contribution in [-0.4, -0.2) is 0 Å². The molecular formula is C39H27N6P3. The lowest BCUT2D eigenvalue weighted by molar-refractivity contribution is 1.49. The van der Waals surface area contributed by atoms with Crippen LogP contribution in [0.25, 0.3) is 0 Å². The SMILES string of the molecule is N#Cc1cccc(P2(c3ccccc3)=NP(c3ccccc3)(c3cccc(C#N)c3)=NP(c3ccccc3)(c3cccc(C#N)c3)=N2)c1. The molecule has 48 heavy (non-hydrogen) atoms. The lowest BCUT2D eigenvalue weighted by Gasteiger charge is -2.38. The minimum Gasteiger partial charge on any atom is -0.223 e. The van der Waals surface area contributed by atoms with Crippen molar-refractivity contribution in [2.75, 3.05) is 0 Å². The van der Waals surface area contributed by atoms with Crippen LogP contribution in [0.4, 0.5) is 0 Å². The second kappa shape index (κ2) is 12.9. The summed E-state index contributed by atoms with van der Waals surface area (Å²) in [6.07, 6.45) is 0. The first-order valence-electron chi connectivity index (χ1n) is 15.2. The molecule has 7 rings (SSSR count). The van der Waals surface area contributed by atoms with Crippen LogP contribution < -0.4 is 31.8 Å². The lowest BCUT2D eigenvalue weighted by Crippen LogP contribution is -2.25. The van der Waals surface area contributed by atoms with E-state index >= 15 is 0 Å². The molecule has 0 bridgehead atoms. The Labute approximate surface area is 280 Å². The molecule has 0 amide bonds. The van der Waals surface area contributed by atoms with Crippen molar-refractivity contribution in [1.82, 2.24) is 0 Å². The molecular weight excluding hydrogens is 645 g/mol. The monoisotopic (exact) mass is 672 g/mol. The van der Waals surface area contributed by atoms with Crippen molar-refractivity contribution in [3.05, 3.63) is 180 Å². The highest BCUT2D eigenvalue weighted by atomic mass is 31.3. The van der Waals surface area contributed by atoms with E-state index in [2.05, 4.69) is 54.6 Å². The number of hydrogen-bond donors (Lipinski definition) is 0. The van der Waals surface area contributed by atoms with E-state index in [1.54, 1.807) is 18.2 Å². The molecule has 1 heterocycles. The molecule has 0 saturated heterocycles. The first-order chi connectivity index (χ1) is 23.5. The van der Waals surface area contributed by atoms with Crippen molar-refractivity contribution in [3.63, 3.8) is 0 Å². The van der Waals surface area contributed by atoms with Gasteiger partial charge in [0.15, 0.2) is 0 Å². The molecule has 0 spiro atoms. The van der Waals surface area contributed by atoms with Crippen LogP contribution >= 0.6 is 21.6 Å². The van der Waals surface area contributed by atoms with Crippen LogP contribution in [0.2, 0.25) is 0 Å². The lowest BCUT2D eigenvalue weighted by atomic mass is 10.2. The van der Waals surface area contributed by atoms with Crippen LogP contribution in [0.5, 0.6) is 0 Å². The highest BCUT2D eigenvalue weighted by molar-refractivity contribution is 8.00. The third-order valence-corrected chi connectivity index (χ3v) is 20.4. The molecule has 0 atom stereocenters. The average Bonchev–Trinajstić information content (AvgIpc) is 3.18. The largest absolute Gasteiger partial charge is 0.223 e. The molecule has 0 saturated carbocycles.